The third kappa shape index (κ3) is 4.39. The summed E-state index contributed by atoms with van der Waals surface area (Å²) in [7, 11) is 1.66. The van der Waals surface area contributed by atoms with Crippen molar-refractivity contribution in [3.05, 3.63) is 59.8 Å². The Balaban J connectivity index is 1.62. The quantitative estimate of drug-likeness (QED) is 0.490. The largest absolute Gasteiger partial charge is 0.411 e. The molecule has 0 saturated carbocycles. The van der Waals surface area contributed by atoms with Crippen LogP contribution in [0.2, 0.25) is 0 Å². The van der Waals surface area contributed by atoms with Gasteiger partial charge in [0.25, 0.3) is 0 Å². The summed E-state index contributed by atoms with van der Waals surface area (Å²) in [5.74, 6) is 1.02. The number of aromatic nitrogens is 1. The zero-order valence-corrected chi connectivity index (χ0v) is 15.4. The zero-order chi connectivity index (χ0) is 18.4. The van der Waals surface area contributed by atoms with Gasteiger partial charge in [0.15, 0.2) is 0 Å². The van der Waals surface area contributed by atoms with E-state index in [1.807, 2.05) is 55.6 Å². The van der Waals surface area contributed by atoms with Gasteiger partial charge < -0.3 is 14.8 Å². The van der Waals surface area contributed by atoms with Crippen LogP contribution in [0.3, 0.4) is 0 Å². The van der Waals surface area contributed by atoms with Crippen LogP contribution in [-0.4, -0.2) is 66.7 Å². The maximum Gasteiger partial charge on any atom is 0.128 e. The molecule has 1 aromatic heterocycles. The van der Waals surface area contributed by atoms with Crippen molar-refractivity contribution < 1.29 is 9.94 Å². The van der Waals surface area contributed by atoms with Gasteiger partial charge in [-0.25, -0.2) is 4.98 Å². The lowest BCUT2D eigenvalue weighted by atomic mass is 10.0. The topological polar surface area (TPSA) is 61.2 Å². The molecule has 2 aromatic rings. The van der Waals surface area contributed by atoms with Crippen molar-refractivity contribution >= 4 is 11.5 Å². The molecular weight excluding hydrogens is 328 g/mol. The van der Waals surface area contributed by atoms with Crippen molar-refractivity contribution in [2.24, 2.45) is 5.16 Å². The molecule has 1 aromatic carbocycles. The summed E-state index contributed by atoms with van der Waals surface area (Å²) in [5.41, 5.74) is 2.59. The van der Waals surface area contributed by atoms with Gasteiger partial charge in [-0.2, -0.15) is 0 Å². The first-order valence-electron chi connectivity index (χ1n) is 8.91. The molecule has 138 valence electrons. The molecule has 1 saturated heterocycles. The summed E-state index contributed by atoms with van der Waals surface area (Å²) in [6.45, 7) is 6.40. The standard InChI is InChI=1S/C20H26N4O2/c1-16-6-5-7-17(14-16)20(22-25)18(26-2)15-23-10-12-24(13-11-23)19-8-3-4-9-21-19/h3-9,14,18,25H,10-13,15H2,1-2H3/b22-20+. The average Bonchev–Trinajstić information content (AvgIpc) is 2.69. The van der Waals surface area contributed by atoms with Gasteiger partial charge in [0, 0.05) is 51.6 Å². The molecule has 3 rings (SSSR count). The molecule has 1 fully saturated rings. The highest BCUT2D eigenvalue weighted by Gasteiger charge is 2.25. The van der Waals surface area contributed by atoms with Gasteiger partial charge in [-0.3, -0.25) is 4.90 Å². The number of rotatable bonds is 6. The molecule has 6 nitrogen and oxygen atoms in total. The highest BCUT2D eigenvalue weighted by Crippen LogP contribution is 2.15. The maximum atomic E-state index is 9.57. The number of benzene rings is 1. The summed E-state index contributed by atoms with van der Waals surface area (Å²) in [6, 6.07) is 14.0. The van der Waals surface area contributed by atoms with E-state index in [9.17, 15) is 5.21 Å². The Morgan fingerprint density at radius 1 is 1.19 bits per heavy atom. The van der Waals surface area contributed by atoms with E-state index in [-0.39, 0.29) is 6.10 Å². The van der Waals surface area contributed by atoms with Crippen molar-refractivity contribution in [3.63, 3.8) is 0 Å². The summed E-state index contributed by atoms with van der Waals surface area (Å²) >= 11 is 0. The number of ether oxygens (including phenoxy) is 1. The fourth-order valence-electron chi connectivity index (χ4n) is 3.32. The van der Waals surface area contributed by atoms with E-state index >= 15 is 0 Å². The van der Waals surface area contributed by atoms with Crippen molar-refractivity contribution in [1.82, 2.24) is 9.88 Å². The lowest BCUT2D eigenvalue weighted by Gasteiger charge is -2.36. The number of aryl methyl sites for hydroxylation is 1. The summed E-state index contributed by atoms with van der Waals surface area (Å²) in [6.07, 6.45) is 1.55. The van der Waals surface area contributed by atoms with Gasteiger partial charge in [-0.1, -0.05) is 35.0 Å². The second-order valence-corrected chi connectivity index (χ2v) is 6.55. The van der Waals surface area contributed by atoms with Crippen LogP contribution in [0.1, 0.15) is 11.1 Å². The van der Waals surface area contributed by atoms with Crippen LogP contribution in [0.4, 0.5) is 5.82 Å². The van der Waals surface area contributed by atoms with E-state index in [2.05, 4.69) is 19.9 Å². The van der Waals surface area contributed by atoms with E-state index in [4.69, 9.17) is 4.74 Å². The van der Waals surface area contributed by atoms with Crippen LogP contribution >= 0.6 is 0 Å². The van der Waals surface area contributed by atoms with E-state index in [0.717, 1.165) is 43.1 Å². The van der Waals surface area contributed by atoms with Crippen LogP contribution in [0.25, 0.3) is 0 Å². The van der Waals surface area contributed by atoms with E-state index in [0.29, 0.717) is 12.3 Å². The van der Waals surface area contributed by atoms with Gasteiger partial charge in [0.1, 0.15) is 17.6 Å². The molecule has 1 unspecified atom stereocenters. The smallest absolute Gasteiger partial charge is 0.128 e. The first-order valence-corrected chi connectivity index (χ1v) is 8.91. The van der Waals surface area contributed by atoms with Gasteiger partial charge in [-0.05, 0) is 25.1 Å². The van der Waals surface area contributed by atoms with Crippen molar-refractivity contribution in [2.75, 3.05) is 44.7 Å². The fourth-order valence-corrected chi connectivity index (χ4v) is 3.32. The highest BCUT2D eigenvalue weighted by atomic mass is 16.5. The number of oxime groups is 1. The van der Waals surface area contributed by atoms with E-state index in [1.165, 1.54) is 0 Å². The third-order valence-corrected chi connectivity index (χ3v) is 4.78. The Kier molecular flexibility index (Phi) is 6.20. The molecule has 26 heavy (non-hydrogen) atoms. The van der Waals surface area contributed by atoms with Crippen molar-refractivity contribution in [2.45, 2.75) is 13.0 Å². The second-order valence-electron chi connectivity index (χ2n) is 6.55. The Morgan fingerprint density at radius 3 is 2.62 bits per heavy atom. The van der Waals surface area contributed by atoms with Crippen LogP contribution in [-0.2, 0) is 4.74 Å². The maximum absolute atomic E-state index is 9.57. The lowest BCUT2D eigenvalue weighted by Crippen LogP contribution is -2.50. The van der Waals surface area contributed by atoms with Crippen LogP contribution < -0.4 is 4.90 Å². The molecule has 2 heterocycles. The SMILES string of the molecule is COC(CN1CCN(c2ccccn2)CC1)/C(=N/O)c1cccc(C)c1. The van der Waals surface area contributed by atoms with Gasteiger partial charge in [0.05, 0.1) is 0 Å². The minimum absolute atomic E-state index is 0.275. The monoisotopic (exact) mass is 354 g/mol. The van der Waals surface area contributed by atoms with Crippen LogP contribution in [0.5, 0.6) is 0 Å². The molecule has 0 amide bonds. The summed E-state index contributed by atoms with van der Waals surface area (Å²) < 4.78 is 5.65. The molecule has 1 aliphatic rings. The number of methoxy groups -OCH3 is 1. The number of hydrogen-bond acceptors (Lipinski definition) is 6. The fraction of sp³-hybridized carbons (Fsp3) is 0.400. The average molecular weight is 354 g/mol. The Morgan fingerprint density at radius 2 is 2.00 bits per heavy atom. The van der Waals surface area contributed by atoms with Crippen LogP contribution in [0.15, 0.2) is 53.8 Å². The number of pyridine rings is 1. The Hall–Kier alpha value is -2.44. The molecule has 0 spiro atoms. The molecule has 0 bridgehead atoms. The Labute approximate surface area is 154 Å². The molecule has 1 aliphatic heterocycles. The van der Waals surface area contributed by atoms with Gasteiger partial charge in [-0.15, -0.1) is 0 Å². The molecular formula is C20H26N4O2. The molecule has 0 radical (unpaired) electrons. The Bertz CT molecular complexity index is 728. The summed E-state index contributed by atoms with van der Waals surface area (Å²) in [4.78, 5) is 9.06. The third-order valence-electron chi connectivity index (χ3n) is 4.78. The van der Waals surface area contributed by atoms with Gasteiger partial charge in [0.2, 0.25) is 0 Å². The minimum Gasteiger partial charge on any atom is -0.411 e. The summed E-state index contributed by atoms with van der Waals surface area (Å²) in [5, 5.41) is 13.1. The first kappa shape index (κ1) is 18.4. The minimum atomic E-state index is -0.275. The predicted molar refractivity (Wildman–Crippen MR) is 103 cm³/mol. The normalized spacial score (nSPS) is 17.3. The number of anilines is 1. The molecule has 1 atom stereocenters. The predicted octanol–water partition coefficient (Wildman–Crippen LogP) is 2.41. The zero-order valence-electron chi connectivity index (χ0n) is 15.4. The molecule has 1 N–H and O–H groups in total. The molecule has 0 aliphatic carbocycles. The van der Waals surface area contributed by atoms with Gasteiger partial charge >= 0.3 is 0 Å². The van der Waals surface area contributed by atoms with E-state index < -0.39 is 0 Å². The number of piperazine rings is 1. The number of nitrogens with zero attached hydrogens (tertiary/aromatic N) is 4. The highest BCUT2D eigenvalue weighted by molar-refractivity contribution is 6.03. The second kappa shape index (κ2) is 8.78. The van der Waals surface area contributed by atoms with E-state index in [1.54, 1.807) is 7.11 Å². The van der Waals surface area contributed by atoms with Crippen LogP contribution in [0, 0.1) is 6.92 Å². The first-order chi connectivity index (χ1) is 12.7. The van der Waals surface area contributed by atoms with Crippen molar-refractivity contribution in [3.8, 4) is 0 Å². The van der Waals surface area contributed by atoms with Crippen molar-refractivity contribution in [1.29, 1.82) is 0 Å². The molecule has 6 heteroatoms. The lowest BCUT2D eigenvalue weighted by molar-refractivity contribution is 0.104. The number of hydrogen-bond donors (Lipinski definition) is 1.